The van der Waals surface area contributed by atoms with Crippen molar-refractivity contribution in [1.82, 2.24) is 24.2 Å². The summed E-state index contributed by atoms with van der Waals surface area (Å²) in [6.07, 6.45) is -5.55. The number of nitrogens with zero attached hydrogens (tertiary/aromatic N) is 5. The zero-order valence-electron chi connectivity index (χ0n) is 22.7. The van der Waals surface area contributed by atoms with Gasteiger partial charge >= 0.3 is 225 Å². The summed E-state index contributed by atoms with van der Waals surface area (Å²) in [6, 6.07) is 0.734. The standard InChI is InChI=1S/C23H37N6O9P/c1-12(2)17(31)20-27-16-19(25-11-26-21(16)33)28(20)22-18(32)23(34,15(10-30)37-22)38-39(35,36,9-7-8-24)29(13(3)4)14(5)6/h11-15,18,22,30,32,34-36H,7,9-10H2,1-6H3,(H,25,26,33)/t15-,18+,22-,23+/m1/s1. The number of rotatable bonds is 11. The third-order valence-electron chi connectivity index (χ3n) is 6.58. The molecule has 2 aromatic rings. The second kappa shape index (κ2) is 10.9. The summed E-state index contributed by atoms with van der Waals surface area (Å²) >= 11 is 0. The van der Waals surface area contributed by atoms with Crippen LogP contribution in [0, 0.1) is 17.2 Å². The summed E-state index contributed by atoms with van der Waals surface area (Å²) in [5.41, 5.74) is -1.07. The first-order chi connectivity index (χ1) is 18.0. The van der Waals surface area contributed by atoms with Crippen LogP contribution in [0.3, 0.4) is 0 Å². The monoisotopic (exact) mass is 572 g/mol. The molecule has 3 rings (SSSR count). The van der Waals surface area contributed by atoms with Gasteiger partial charge in [-0.2, -0.15) is 0 Å². The summed E-state index contributed by atoms with van der Waals surface area (Å²) in [6.45, 7) is 8.87. The van der Waals surface area contributed by atoms with E-state index in [4.69, 9.17) is 9.26 Å². The second-order valence-electron chi connectivity index (χ2n) is 10.5. The van der Waals surface area contributed by atoms with Gasteiger partial charge in [0.25, 0.3) is 0 Å². The Balaban J connectivity index is 2.22. The van der Waals surface area contributed by atoms with Crippen LogP contribution in [0.1, 0.15) is 64.8 Å². The van der Waals surface area contributed by atoms with E-state index in [1.54, 1.807) is 41.5 Å². The number of aromatic amines is 1. The molecule has 39 heavy (non-hydrogen) atoms. The number of ether oxygens (including phenoxy) is 1. The van der Waals surface area contributed by atoms with E-state index in [-0.39, 0.29) is 23.4 Å². The number of Topliss-reactive ketones (excluding diaryl/α,β-unsaturated/α-hetero) is 1. The molecule has 1 fully saturated rings. The number of carbonyl (C=O) groups is 1. The van der Waals surface area contributed by atoms with Crippen molar-refractivity contribution in [2.24, 2.45) is 5.92 Å². The van der Waals surface area contributed by atoms with Crippen molar-refractivity contribution in [1.29, 1.82) is 5.26 Å². The number of carbonyl (C=O) groups excluding carboxylic acids is 1. The van der Waals surface area contributed by atoms with Crippen LogP contribution in [0.25, 0.3) is 11.2 Å². The minimum absolute atomic E-state index is 0.159. The van der Waals surface area contributed by atoms with Gasteiger partial charge in [-0.3, -0.25) is 0 Å². The molecular formula is C23H37N6O9P. The molecule has 6 N–H and O–H groups in total. The molecule has 16 heteroatoms. The van der Waals surface area contributed by atoms with Gasteiger partial charge in [0.05, 0.1) is 0 Å². The molecule has 218 valence electrons. The Morgan fingerprint density at radius 2 is 1.92 bits per heavy atom. The Labute approximate surface area is 224 Å². The Morgan fingerprint density at radius 1 is 1.31 bits per heavy atom. The number of hydrogen-bond donors (Lipinski definition) is 6. The number of nitriles is 1. The number of aromatic nitrogens is 4. The maximum atomic E-state index is 13.0. The molecule has 0 aromatic carbocycles. The normalized spacial score (nSPS) is 25.1. The van der Waals surface area contributed by atoms with Gasteiger partial charge < -0.3 is 0 Å². The van der Waals surface area contributed by atoms with E-state index < -0.39 is 73.8 Å². The Hall–Kier alpha value is -2.38. The third-order valence-corrected chi connectivity index (χ3v) is 10.1. The van der Waals surface area contributed by atoms with Gasteiger partial charge in [0.15, 0.2) is 0 Å². The molecular weight excluding hydrogens is 535 g/mol. The first-order valence-corrected chi connectivity index (χ1v) is 14.8. The number of fused-ring (bicyclic) bond motifs is 1. The molecule has 0 saturated carbocycles. The van der Waals surface area contributed by atoms with Gasteiger partial charge in [-0.1, -0.05) is 0 Å². The molecule has 1 saturated heterocycles. The van der Waals surface area contributed by atoms with Gasteiger partial charge in [-0.05, 0) is 0 Å². The van der Waals surface area contributed by atoms with E-state index in [1.165, 1.54) is 4.67 Å². The van der Waals surface area contributed by atoms with E-state index in [9.17, 15) is 40.0 Å². The van der Waals surface area contributed by atoms with E-state index in [0.29, 0.717) is 0 Å². The van der Waals surface area contributed by atoms with Crippen LogP contribution in [-0.4, -0.2) is 97.9 Å². The Bertz CT molecular complexity index is 1310. The summed E-state index contributed by atoms with van der Waals surface area (Å²) in [5, 5.41) is 42.5. The average Bonchev–Trinajstić information content (AvgIpc) is 3.32. The van der Waals surface area contributed by atoms with E-state index in [1.807, 2.05) is 6.07 Å². The van der Waals surface area contributed by atoms with Crippen LogP contribution in [0.5, 0.6) is 0 Å². The molecule has 0 spiro atoms. The van der Waals surface area contributed by atoms with Crippen molar-refractivity contribution in [2.45, 2.75) is 84.3 Å². The first-order valence-electron chi connectivity index (χ1n) is 12.6. The van der Waals surface area contributed by atoms with Crippen molar-refractivity contribution in [3.63, 3.8) is 0 Å². The van der Waals surface area contributed by atoms with Crippen molar-refractivity contribution in [3.8, 4) is 6.07 Å². The number of H-pyrrole nitrogens is 1. The van der Waals surface area contributed by atoms with Gasteiger partial charge in [0.1, 0.15) is 0 Å². The van der Waals surface area contributed by atoms with Crippen LogP contribution < -0.4 is 5.56 Å². The maximum absolute atomic E-state index is 13.0. The average molecular weight is 573 g/mol. The molecule has 3 heterocycles. The van der Waals surface area contributed by atoms with E-state index >= 15 is 0 Å². The SMILES string of the molecule is CC(C)C(=O)c1nc2c(=O)[nH]cnc2n1[C@@H]1O[C@H](CO)[C@](O)(OP(O)(O)(CCC#N)N(C(C)C)C(C)C)[C@H]1O. The molecule has 15 nitrogen and oxygen atoms in total. The third kappa shape index (κ3) is 5.37. The zero-order valence-corrected chi connectivity index (χ0v) is 23.6. The predicted molar refractivity (Wildman–Crippen MR) is 139 cm³/mol. The van der Waals surface area contributed by atoms with Crippen LogP contribution in [0.4, 0.5) is 0 Å². The summed E-state index contributed by atoms with van der Waals surface area (Å²) < 4.78 is 13.7. The number of ketones is 1. The molecule has 0 radical (unpaired) electrons. The molecule has 0 unspecified atom stereocenters. The molecule has 1 aliphatic heterocycles. The first kappa shape index (κ1) is 31.2. The molecule has 0 aliphatic carbocycles. The summed E-state index contributed by atoms with van der Waals surface area (Å²) in [5.74, 6) is -4.40. The summed E-state index contributed by atoms with van der Waals surface area (Å²) in [4.78, 5) is 59.6. The van der Waals surface area contributed by atoms with Crippen molar-refractivity contribution >= 4 is 24.4 Å². The van der Waals surface area contributed by atoms with E-state index in [2.05, 4.69) is 15.0 Å². The number of nitrogens with one attached hydrogen (secondary N) is 1. The van der Waals surface area contributed by atoms with E-state index in [0.717, 1.165) is 10.9 Å². The Morgan fingerprint density at radius 3 is 2.44 bits per heavy atom. The van der Waals surface area contributed by atoms with Crippen molar-refractivity contribution in [2.75, 3.05) is 12.8 Å². The topological polar surface area (TPSA) is 227 Å². The quantitative estimate of drug-likeness (QED) is 0.120. The van der Waals surface area contributed by atoms with Crippen LogP contribution in [-0.2, 0) is 9.26 Å². The number of hydrogen-bond acceptors (Lipinski definition) is 13. The van der Waals surface area contributed by atoms with Gasteiger partial charge in [0, 0.05) is 0 Å². The van der Waals surface area contributed by atoms with Gasteiger partial charge in [-0.25, -0.2) is 0 Å². The fraction of sp³-hybridized carbons (Fsp3) is 0.696. The molecule has 0 amide bonds. The van der Waals surface area contributed by atoms with Crippen LogP contribution in [0.2, 0.25) is 0 Å². The Kier molecular flexibility index (Phi) is 8.70. The predicted octanol–water partition coefficient (Wildman–Crippen LogP) is 0.144. The molecule has 0 bridgehead atoms. The number of imidazole rings is 1. The molecule has 4 atom stereocenters. The van der Waals surface area contributed by atoms with Crippen LogP contribution >= 0.6 is 7.43 Å². The number of aliphatic hydroxyl groups excluding tert-OH is 2. The molecule has 1 aliphatic rings. The van der Waals surface area contributed by atoms with Gasteiger partial charge in [0.2, 0.25) is 0 Å². The van der Waals surface area contributed by atoms with Crippen LogP contribution in [0.15, 0.2) is 11.1 Å². The molecule has 2 aromatic heterocycles. The fourth-order valence-corrected chi connectivity index (χ4v) is 8.68. The second-order valence-corrected chi connectivity index (χ2v) is 13.7. The fourth-order valence-electron chi connectivity index (χ4n) is 5.09. The van der Waals surface area contributed by atoms with Crippen molar-refractivity contribution < 1.29 is 39.2 Å². The number of aliphatic hydroxyl groups is 3. The summed E-state index contributed by atoms with van der Waals surface area (Å²) in [7, 11) is -5.65. The minimum atomic E-state index is -5.65. The van der Waals surface area contributed by atoms with Crippen molar-refractivity contribution in [3.05, 3.63) is 22.5 Å². The zero-order chi connectivity index (χ0) is 29.5. The van der Waals surface area contributed by atoms with Gasteiger partial charge in [-0.15, -0.1) is 0 Å².